The lowest BCUT2D eigenvalue weighted by molar-refractivity contribution is -0.167. The van der Waals surface area contributed by atoms with E-state index in [9.17, 15) is 14.4 Å². The van der Waals surface area contributed by atoms with Gasteiger partial charge in [-0.2, -0.15) is 0 Å². The number of allylic oxidation sites excluding steroid dienone is 20. The Morgan fingerprint density at radius 1 is 0.259 bits per heavy atom. The molecule has 0 radical (unpaired) electrons. The third-order valence-corrected chi connectivity index (χ3v) is 14.5. The van der Waals surface area contributed by atoms with Crippen LogP contribution < -0.4 is 0 Å². The van der Waals surface area contributed by atoms with Crippen molar-refractivity contribution in [2.24, 2.45) is 0 Å². The molecule has 0 aromatic heterocycles. The maximum absolute atomic E-state index is 12.9. The molecule has 1 atom stereocenters. The van der Waals surface area contributed by atoms with E-state index in [0.29, 0.717) is 19.3 Å². The van der Waals surface area contributed by atoms with E-state index in [1.54, 1.807) is 0 Å². The summed E-state index contributed by atoms with van der Waals surface area (Å²) in [4.78, 5) is 38.3. The normalized spacial score (nSPS) is 12.9. The standard InChI is InChI=1S/C75H126O6/c1-4-7-10-13-16-19-21-23-25-27-29-31-33-35-36-37-38-40-41-43-45-47-49-51-53-56-59-62-65-68-74(77)80-71-72(70-79-73(76)67-64-61-58-55-18-15-12-9-6-3)81-75(78)69-66-63-60-57-54-52-50-48-46-44-42-39-34-32-30-28-26-24-22-20-17-14-11-8-5-2/h7,10,16,19,22-25,28-31,34-36,38-40,43,45,72H,4-6,8-9,11-15,17-18,20-21,26-27,32-33,37,41-42,44,46-71H2,1-3H3/b10-7-,19-16-,24-22-,25-23-,30-28-,31-29-,36-35-,39-34-,40-38-,45-43-. The minimum Gasteiger partial charge on any atom is -0.462 e. The second-order valence-electron chi connectivity index (χ2n) is 22.4. The summed E-state index contributed by atoms with van der Waals surface area (Å²) in [7, 11) is 0. The minimum absolute atomic E-state index is 0.0828. The molecule has 6 heteroatoms. The molecule has 1 unspecified atom stereocenters. The zero-order valence-electron chi connectivity index (χ0n) is 53.0. The third-order valence-electron chi connectivity index (χ3n) is 14.5. The number of carbonyl (C=O) groups is 3. The smallest absolute Gasteiger partial charge is 0.306 e. The number of carbonyl (C=O) groups excluding carboxylic acids is 3. The number of hydrogen-bond acceptors (Lipinski definition) is 6. The summed E-state index contributed by atoms with van der Waals surface area (Å²) in [5.41, 5.74) is 0. The molecular formula is C75H126O6. The van der Waals surface area contributed by atoms with Crippen molar-refractivity contribution in [3.05, 3.63) is 122 Å². The molecular weight excluding hydrogens is 997 g/mol. The molecule has 0 aliphatic carbocycles. The summed E-state index contributed by atoms with van der Waals surface area (Å²) >= 11 is 0. The summed E-state index contributed by atoms with van der Waals surface area (Å²) in [5, 5.41) is 0. The Kier molecular flexibility index (Phi) is 64.8. The van der Waals surface area contributed by atoms with Gasteiger partial charge in [0.25, 0.3) is 0 Å². The molecule has 0 aromatic rings. The number of hydrogen-bond donors (Lipinski definition) is 0. The van der Waals surface area contributed by atoms with Crippen molar-refractivity contribution in [2.45, 2.75) is 322 Å². The molecule has 6 nitrogen and oxygen atoms in total. The number of rotatable bonds is 61. The molecule has 0 bridgehead atoms. The van der Waals surface area contributed by atoms with Crippen molar-refractivity contribution in [1.82, 2.24) is 0 Å². The molecule has 0 heterocycles. The Labute approximate surface area is 501 Å². The summed E-state index contributed by atoms with van der Waals surface area (Å²) in [5.74, 6) is -0.894. The molecule has 0 rings (SSSR count). The summed E-state index contributed by atoms with van der Waals surface area (Å²) in [6, 6.07) is 0. The quantitative estimate of drug-likeness (QED) is 0.0261. The van der Waals surface area contributed by atoms with Crippen molar-refractivity contribution in [3.8, 4) is 0 Å². The zero-order chi connectivity index (χ0) is 58.5. The predicted octanol–water partition coefficient (Wildman–Crippen LogP) is 23.6. The van der Waals surface area contributed by atoms with Crippen molar-refractivity contribution >= 4 is 17.9 Å². The van der Waals surface area contributed by atoms with Crippen LogP contribution in [-0.4, -0.2) is 37.2 Å². The minimum atomic E-state index is -0.787. The van der Waals surface area contributed by atoms with E-state index in [-0.39, 0.29) is 31.1 Å². The van der Waals surface area contributed by atoms with Gasteiger partial charge in [-0.15, -0.1) is 0 Å². The molecule has 0 fully saturated rings. The Balaban J connectivity index is 4.25. The second kappa shape index (κ2) is 68.3. The van der Waals surface area contributed by atoms with E-state index in [1.165, 1.54) is 154 Å². The first-order valence-corrected chi connectivity index (χ1v) is 34.0. The van der Waals surface area contributed by atoms with Gasteiger partial charge >= 0.3 is 17.9 Å². The lowest BCUT2D eigenvalue weighted by Crippen LogP contribution is -2.30. The largest absolute Gasteiger partial charge is 0.462 e. The van der Waals surface area contributed by atoms with Crippen LogP contribution in [0.3, 0.4) is 0 Å². The van der Waals surface area contributed by atoms with Gasteiger partial charge in [-0.3, -0.25) is 14.4 Å². The lowest BCUT2D eigenvalue weighted by Gasteiger charge is -2.18. The Bertz CT molecular complexity index is 1670. The topological polar surface area (TPSA) is 78.9 Å². The van der Waals surface area contributed by atoms with Crippen molar-refractivity contribution in [1.29, 1.82) is 0 Å². The van der Waals surface area contributed by atoms with E-state index in [4.69, 9.17) is 14.2 Å². The van der Waals surface area contributed by atoms with Gasteiger partial charge in [-0.25, -0.2) is 0 Å². The van der Waals surface area contributed by atoms with Crippen molar-refractivity contribution in [2.75, 3.05) is 13.2 Å². The Hall–Kier alpha value is -4.19. The highest BCUT2D eigenvalue weighted by molar-refractivity contribution is 5.71. The van der Waals surface area contributed by atoms with Gasteiger partial charge in [0, 0.05) is 19.3 Å². The maximum Gasteiger partial charge on any atom is 0.306 e. The molecule has 0 aliphatic heterocycles. The molecule has 0 aromatic carbocycles. The van der Waals surface area contributed by atoms with E-state index >= 15 is 0 Å². The van der Waals surface area contributed by atoms with E-state index in [1.807, 2.05) is 0 Å². The van der Waals surface area contributed by atoms with Gasteiger partial charge in [-0.05, 0) is 116 Å². The average molecular weight is 1120 g/mol. The van der Waals surface area contributed by atoms with Gasteiger partial charge < -0.3 is 14.2 Å². The number of unbranched alkanes of at least 4 members (excludes halogenated alkanes) is 30. The molecule has 0 amide bonds. The van der Waals surface area contributed by atoms with Gasteiger partial charge in [0.1, 0.15) is 13.2 Å². The van der Waals surface area contributed by atoms with E-state index in [0.717, 1.165) is 122 Å². The van der Waals surface area contributed by atoms with Crippen LogP contribution in [0.2, 0.25) is 0 Å². The molecule has 0 aliphatic rings. The summed E-state index contributed by atoms with van der Waals surface area (Å²) in [6.45, 7) is 6.50. The van der Waals surface area contributed by atoms with Crippen LogP contribution >= 0.6 is 0 Å². The molecule has 0 saturated heterocycles. The molecule has 462 valence electrons. The summed E-state index contributed by atoms with van der Waals surface area (Å²) in [6.07, 6.45) is 95.1. The highest BCUT2D eigenvalue weighted by Crippen LogP contribution is 2.16. The fourth-order valence-electron chi connectivity index (χ4n) is 9.37. The Morgan fingerprint density at radius 2 is 0.481 bits per heavy atom. The molecule has 81 heavy (non-hydrogen) atoms. The zero-order valence-corrected chi connectivity index (χ0v) is 53.0. The maximum atomic E-state index is 12.9. The monoisotopic (exact) mass is 1120 g/mol. The van der Waals surface area contributed by atoms with Crippen LogP contribution in [0.15, 0.2) is 122 Å². The predicted molar refractivity (Wildman–Crippen MR) is 353 cm³/mol. The van der Waals surface area contributed by atoms with E-state index < -0.39 is 6.10 Å². The average Bonchev–Trinajstić information content (AvgIpc) is 3.47. The van der Waals surface area contributed by atoms with Crippen LogP contribution in [-0.2, 0) is 28.6 Å². The Morgan fingerprint density at radius 3 is 0.753 bits per heavy atom. The van der Waals surface area contributed by atoms with E-state index in [2.05, 4.69) is 142 Å². The van der Waals surface area contributed by atoms with Crippen LogP contribution in [0.4, 0.5) is 0 Å². The first-order chi connectivity index (χ1) is 40.0. The fraction of sp³-hybridized carbons (Fsp3) is 0.693. The lowest BCUT2D eigenvalue weighted by atomic mass is 10.0. The fourth-order valence-corrected chi connectivity index (χ4v) is 9.37. The first kappa shape index (κ1) is 76.8. The van der Waals surface area contributed by atoms with Gasteiger partial charge in [0.2, 0.25) is 0 Å². The first-order valence-electron chi connectivity index (χ1n) is 34.0. The molecule has 0 spiro atoms. The van der Waals surface area contributed by atoms with Crippen LogP contribution in [0.25, 0.3) is 0 Å². The van der Waals surface area contributed by atoms with Crippen LogP contribution in [0.1, 0.15) is 316 Å². The van der Waals surface area contributed by atoms with Crippen LogP contribution in [0, 0.1) is 0 Å². The molecule has 0 saturated carbocycles. The van der Waals surface area contributed by atoms with Crippen molar-refractivity contribution in [3.63, 3.8) is 0 Å². The van der Waals surface area contributed by atoms with Gasteiger partial charge in [0.15, 0.2) is 6.10 Å². The third kappa shape index (κ3) is 66.5. The highest BCUT2D eigenvalue weighted by atomic mass is 16.6. The highest BCUT2D eigenvalue weighted by Gasteiger charge is 2.19. The van der Waals surface area contributed by atoms with Gasteiger partial charge in [-0.1, -0.05) is 303 Å². The summed E-state index contributed by atoms with van der Waals surface area (Å²) < 4.78 is 16.9. The van der Waals surface area contributed by atoms with Crippen molar-refractivity contribution < 1.29 is 28.6 Å². The van der Waals surface area contributed by atoms with Gasteiger partial charge in [0.05, 0.1) is 0 Å². The second-order valence-corrected chi connectivity index (χ2v) is 22.4. The van der Waals surface area contributed by atoms with Crippen LogP contribution in [0.5, 0.6) is 0 Å². The SMILES string of the molecule is CC/C=C\C/C=C\C/C=C\C/C=C\C/C=C\C/C=C\C/C=C\CCCCCCCCCC(=O)OCC(COC(=O)CCCCCCCCCCC)OC(=O)CCCCCCCCCCCC/C=C\C/C=C\C/C=C\CCCCCCC. The number of esters is 3. The molecule has 0 N–H and O–H groups in total. The number of ether oxygens (including phenoxy) is 3.